The second-order valence-electron chi connectivity index (χ2n) is 6.71. The monoisotopic (exact) mass is 334 g/mol. The summed E-state index contributed by atoms with van der Waals surface area (Å²) in [4.78, 5) is 24.5. The topological polar surface area (TPSA) is 85.2 Å². The van der Waals surface area contributed by atoms with E-state index in [0.29, 0.717) is 18.1 Å². The van der Waals surface area contributed by atoms with Gasteiger partial charge in [0.15, 0.2) is 5.69 Å². The maximum absolute atomic E-state index is 12.3. The van der Waals surface area contributed by atoms with Crippen LogP contribution in [0, 0.1) is 5.92 Å². The lowest BCUT2D eigenvalue weighted by atomic mass is 9.89. The van der Waals surface area contributed by atoms with Crippen molar-refractivity contribution in [1.82, 2.24) is 15.1 Å². The van der Waals surface area contributed by atoms with Crippen LogP contribution in [0.5, 0.6) is 0 Å². The maximum Gasteiger partial charge on any atom is 0.271 e. The molecule has 2 aliphatic rings. The standard InChI is InChI=1S/C17H26N4O3/c1-21-15(19-16(22)12-6-3-2-4-7-12)10-14(20-21)17(23)18-11-13-8-5-9-24-13/h10,12-13H,2-9,11H2,1H3,(H,18,23)(H,19,22). The van der Waals surface area contributed by atoms with E-state index in [4.69, 9.17) is 4.74 Å². The second-order valence-corrected chi connectivity index (χ2v) is 6.71. The van der Waals surface area contributed by atoms with Crippen LogP contribution in [0.1, 0.15) is 55.4 Å². The van der Waals surface area contributed by atoms with Gasteiger partial charge in [-0.1, -0.05) is 19.3 Å². The minimum absolute atomic E-state index is 0.0315. The van der Waals surface area contributed by atoms with Crippen LogP contribution in [0.3, 0.4) is 0 Å². The van der Waals surface area contributed by atoms with E-state index in [-0.39, 0.29) is 23.8 Å². The Morgan fingerprint density at radius 3 is 2.75 bits per heavy atom. The number of aromatic nitrogens is 2. The molecule has 2 heterocycles. The normalized spacial score (nSPS) is 21.6. The molecule has 1 saturated heterocycles. The van der Waals surface area contributed by atoms with E-state index in [1.807, 2.05) is 0 Å². The van der Waals surface area contributed by atoms with Crippen molar-refractivity contribution in [3.63, 3.8) is 0 Å². The molecule has 1 aromatic rings. The summed E-state index contributed by atoms with van der Waals surface area (Å²) in [6.07, 6.45) is 7.44. The summed E-state index contributed by atoms with van der Waals surface area (Å²) < 4.78 is 7.03. The number of carbonyl (C=O) groups is 2. The third-order valence-corrected chi connectivity index (χ3v) is 4.85. The van der Waals surface area contributed by atoms with Crippen molar-refractivity contribution in [2.24, 2.45) is 13.0 Å². The fourth-order valence-electron chi connectivity index (χ4n) is 3.39. The third kappa shape index (κ3) is 4.14. The number of carbonyl (C=O) groups excluding carboxylic acids is 2. The van der Waals surface area contributed by atoms with Gasteiger partial charge in [0.2, 0.25) is 5.91 Å². The van der Waals surface area contributed by atoms with Crippen molar-refractivity contribution < 1.29 is 14.3 Å². The van der Waals surface area contributed by atoms with E-state index < -0.39 is 0 Å². The molecule has 132 valence electrons. The van der Waals surface area contributed by atoms with Crippen LogP contribution < -0.4 is 10.6 Å². The van der Waals surface area contributed by atoms with Gasteiger partial charge in [-0.25, -0.2) is 0 Å². The molecule has 1 atom stereocenters. The van der Waals surface area contributed by atoms with Crippen molar-refractivity contribution in [2.75, 3.05) is 18.5 Å². The molecule has 0 bridgehead atoms. The van der Waals surface area contributed by atoms with Crippen LogP contribution >= 0.6 is 0 Å². The van der Waals surface area contributed by atoms with Crippen molar-refractivity contribution in [1.29, 1.82) is 0 Å². The van der Waals surface area contributed by atoms with Crippen molar-refractivity contribution in [2.45, 2.75) is 51.0 Å². The molecule has 3 rings (SSSR count). The molecular formula is C17H26N4O3. The lowest BCUT2D eigenvalue weighted by Crippen LogP contribution is -2.32. The smallest absolute Gasteiger partial charge is 0.271 e. The molecule has 1 aromatic heterocycles. The average Bonchev–Trinajstić information content (AvgIpc) is 3.24. The molecule has 0 aromatic carbocycles. The summed E-state index contributed by atoms with van der Waals surface area (Å²) in [6.45, 7) is 1.26. The predicted molar refractivity (Wildman–Crippen MR) is 89.7 cm³/mol. The van der Waals surface area contributed by atoms with Gasteiger partial charge in [0.05, 0.1) is 6.10 Å². The van der Waals surface area contributed by atoms with E-state index >= 15 is 0 Å². The Labute approximate surface area is 142 Å². The van der Waals surface area contributed by atoms with E-state index in [1.54, 1.807) is 17.8 Å². The highest BCUT2D eigenvalue weighted by Crippen LogP contribution is 2.25. The summed E-state index contributed by atoms with van der Waals surface area (Å²) >= 11 is 0. The minimum Gasteiger partial charge on any atom is -0.376 e. The van der Waals surface area contributed by atoms with Crippen molar-refractivity contribution in [3.05, 3.63) is 11.8 Å². The molecule has 0 spiro atoms. The fraction of sp³-hybridized carbons (Fsp3) is 0.706. The van der Waals surface area contributed by atoms with Gasteiger partial charge in [-0.3, -0.25) is 14.3 Å². The number of ether oxygens (including phenoxy) is 1. The first-order chi connectivity index (χ1) is 11.6. The van der Waals surface area contributed by atoms with Gasteiger partial charge in [0.1, 0.15) is 5.82 Å². The predicted octanol–water partition coefficient (Wildman–Crippen LogP) is 1.85. The first-order valence-corrected chi connectivity index (χ1v) is 8.88. The summed E-state index contributed by atoms with van der Waals surface area (Å²) in [7, 11) is 1.73. The zero-order valence-corrected chi connectivity index (χ0v) is 14.2. The Morgan fingerprint density at radius 1 is 1.25 bits per heavy atom. The van der Waals surface area contributed by atoms with E-state index in [1.165, 1.54) is 6.42 Å². The van der Waals surface area contributed by atoms with E-state index in [0.717, 1.165) is 45.1 Å². The Kier molecular flexibility index (Phi) is 5.50. The van der Waals surface area contributed by atoms with Gasteiger partial charge in [0.25, 0.3) is 5.91 Å². The third-order valence-electron chi connectivity index (χ3n) is 4.85. The molecule has 2 N–H and O–H groups in total. The number of hydrogen-bond acceptors (Lipinski definition) is 4. The van der Waals surface area contributed by atoms with Crippen molar-refractivity contribution in [3.8, 4) is 0 Å². The highest BCUT2D eigenvalue weighted by molar-refractivity contribution is 5.96. The van der Waals surface area contributed by atoms with Gasteiger partial charge in [0, 0.05) is 32.2 Å². The number of rotatable bonds is 5. The quantitative estimate of drug-likeness (QED) is 0.860. The van der Waals surface area contributed by atoms with Crippen LogP contribution in [0.4, 0.5) is 5.82 Å². The van der Waals surface area contributed by atoms with Crippen LogP contribution in [-0.4, -0.2) is 40.9 Å². The summed E-state index contributed by atoms with van der Waals surface area (Å²) in [5, 5.41) is 9.96. The average molecular weight is 334 g/mol. The number of nitrogens with one attached hydrogen (secondary N) is 2. The Morgan fingerprint density at radius 2 is 2.04 bits per heavy atom. The van der Waals surface area contributed by atoms with E-state index in [2.05, 4.69) is 15.7 Å². The molecule has 1 aliphatic heterocycles. The molecule has 1 saturated carbocycles. The summed E-state index contributed by atoms with van der Waals surface area (Å²) in [6, 6.07) is 1.63. The van der Waals surface area contributed by atoms with Crippen molar-refractivity contribution >= 4 is 17.6 Å². The Bertz CT molecular complexity index is 587. The number of amides is 2. The Balaban J connectivity index is 1.55. The second kappa shape index (κ2) is 7.79. The fourth-order valence-corrected chi connectivity index (χ4v) is 3.39. The van der Waals surface area contributed by atoms with Gasteiger partial charge >= 0.3 is 0 Å². The SMILES string of the molecule is Cn1nc(C(=O)NCC2CCCO2)cc1NC(=O)C1CCCCC1. The van der Waals surface area contributed by atoms with E-state index in [9.17, 15) is 9.59 Å². The largest absolute Gasteiger partial charge is 0.376 e. The molecule has 0 radical (unpaired) electrons. The van der Waals surface area contributed by atoms with Crippen LogP contribution in [0.15, 0.2) is 6.07 Å². The molecular weight excluding hydrogens is 308 g/mol. The van der Waals surface area contributed by atoms with Gasteiger partial charge in [-0.15, -0.1) is 0 Å². The van der Waals surface area contributed by atoms with Crippen LogP contribution in [0.2, 0.25) is 0 Å². The number of hydrogen-bond donors (Lipinski definition) is 2. The molecule has 2 amide bonds. The van der Waals surface area contributed by atoms with Crippen LogP contribution in [-0.2, 0) is 16.6 Å². The number of anilines is 1. The lowest BCUT2D eigenvalue weighted by Gasteiger charge is -2.20. The number of aryl methyl sites for hydroxylation is 1. The molecule has 7 heteroatoms. The zero-order chi connectivity index (χ0) is 16.9. The zero-order valence-electron chi connectivity index (χ0n) is 14.2. The maximum atomic E-state index is 12.3. The first kappa shape index (κ1) is 17.0. The summed E-state index contributed by atoms with van der Waals surface area (Å²) in [5.41, 5.74) is 0.314. The first-order valence-electron chi connectivity index (χ1n) is 8.88. The van der Waals surface area contributed by atoms with Gasteiger partial charge < -0.3 is 15.4 Å². The molecule has 1 aliphatic carbocycles. The molecule has 2 fully saturated rings. The lowest BCUT2D eigenvalue weighted by molar-refractivity contribution is -0.120. The number of nitrogens with zero attached hydrogens (tertiary/aromatic N) is 2. The Hall–Kier alpha value is -1.89. The molecule has 24 heavy (non-hydrogen) atoms. The minimum atomic E-state index is -0.237. The van der Waals surface area contributed by atoms with Crippen LogP contribution in [0.25, 0.3) is 0 Å². The highest BCUT2D eigenvalue weighted by Gasteiger charge is 2.23. The van der Waals surface area contributed by atoms with Gasteiger partial charge in [-0.2, -0.15) is 5.10 Å². The molecule has 7 nitrogen and oxygen atoms in total. The molecule has 1 unspecified atom stereocenters. The highest BCUT2D eigenvalue weighted by atomic mass is 16.5. The van der Waals surface area contributed by atoms with Gasteiger partial charge in [-0.05, 0) is 25.7 Å². The summed E-state index contributed by atoms with van der Waals surface area (Å²) in [5.74, 6) is 0.432.